The molecule has 2 amide bonds. The van der Waals surface area contributed by atoms with E-state index in [1.54, 1.807) is 12.1 Å². The van der Waals surface area contributed by atoms with E-state index in [-0.39, 0.29) is 18.9 Å². The monoisotopic (exact) mass is 244 g/mol. The number of benzene rings is 1. The van der Waals surface area contributed by atoms with Crippen LogP contribution in [0.5, 0.6) is 0 Å². The molecule has 2 rings (SSSR count). The van der Waals surface area contributed by atoms with Crippen LogP contribution in [0.1, 0.15) is 12.0 Å². The van der Waals surface area contributed by atoms with Crippen molar-refractivity contribution in [3.63, 3.8) is 0 Å². The summed E-state index contributed by atoms with van der Waals surface area (Å²) >= 11 is 0. The van der Waals surface area contributed by atoms with Gasteiger partial charge in [0, 0.05) is 13.0 Å². The first kappa shape index (κ1) is 11.9. The quantitative estimate of drug-likeness (QED) is 0.711. The highest BCUT2D eigenvalue weighted by Crippen LogP contribution is 2.30. The zero-order valence-corrected chi connectivity index (χ0v) is 9.59. The fourth-order valence-corrected chi connectivity index (χ4v) is 1.98. The lowest BCUT2D eigenvalue weighted by molar-refractivity contribution is -0.123. The number of rotatable bonds is 2. The number of anilines is 2. The molecule has 92 valence electrons. The van der Waals surface area contributed by atoms with Gasteiger partial charge in [0.15, 0.2) is 0 Å². The second-order valence-electron chi connectivity index (χ2n) is 4.19. The Morgan fingerprint density at radius 2 is 2.22 bits per heavy atom. The predicted molar refractivity (Wildman–Crippen MR) is 65.2 cm³/mol. The van der Waals surface area contributed by atoms with Crippen molar-refractivity contribution < 1.29 is 9.59 Å². The third-order valence-corrected chi connectivity index (χ3v) is 2.98. The molecule has 0 radical (unpaired) electrons. The minimum absolute atomic E-state index is 0.0888. The smallest absolute Gasteiger partial charge is 0.227 e. The summed E-state index contributed by atoms with van der Waals surface area (Å²) in [6, 6.07) is 6.66. The zero-order chi connectivity index (χ0) is 13.3. The van der Waals surface area contributed by atoms with Gasteiger partial charge in [-0.1, -0.05) is 0 Å². The summed E-state index contributed by atoms with van der Waals surface area (Å²) in [5.74, 6) is -1.20. The van der Waals surface area contributed by atoms with Gasteiger partial charge >= 0.3 is 0 Å². The first-order valence-electron chi connectivity index (χ1n) is 5.42. The highest BCUT2D eigenvalue weighted by atomic mass is 16.2. The SMILES string of the molecule is N#Cc1ccc(N)c(N2CC(C(N)=O)CC2=O)c1. The molecule has 1 saturated heterocycles. The Morgan fingerprint density at radius 3 is 2.78 bits per heavy atom. The minimum atomic E-state index is -0.499. The van der Waals surface area contributed by atoms with Crippen LogP contribution in [0.15, 0.2) is 18.2 Å². The fraction of sp³-hybridized carbons (Fsp3) is 0.250. The molecule has 4 N–H and O–H groups in total. The van der Waals surface area contributed by atoms with Gasteiger partial charge in [0.05, 0.1) is 28.9 Å². The predicted octanol–water partition coefficient (Wildman–Crippen LogP) is -0.0213. The topological polar surface area (TPSA) is 113 Å². The molecule has 18 heavy (non-hydrogen) atoms. The molecule has 6 nitrogen and oxygen atoms in total. The van der Waals surface area contributed by atoms with E-state index in [1.807, 2.05) is 6.07 Å². The molecular weight excluding hydrogens is 232 g/mol. The second-order valence-corrected chi connectivity index (χ2v) is 4.19. The van der Waals surface area contributed by atoms with Crippen LogP contribution in [0.25, 0.3) is 0 Å². The summed E-state index contributed by atoms with van der Waals surface area (Å²) in [6.07, 6.45) is 0.0888. The summed E-state index contributed by atoms with van der Waals surface area (Å²) in [6.45, 7) is 0.216. The Bertz CT molecular complexity index is 562. The molecule has 0 aliphatic carbocycles. The maximum Gasteiger partial charge on any atom is 0.227 e. The Balaban J connectivity index is 2.35. The number of carbonyl (C=O) groups is 2. The normalized spacial score (nSPS) is 18.7. The van der Waals surface area contributed by atoms with Gasteiger partial charge in [-0.25, -0.2) is 0 Å². The first-order valence-corrected chi connectivity index (χ1v) is 5.42. The van der Waals surface area contributed by atoms with E-state index < -0.39 is 11.8 Å². The standard InChI is InChI=1S/C12H12N4O2/c13-5-7-1-2-9(14)10(3-7)16-6-8(12(15)18)4-11(16)17/h1-3,8H,4,6,14H2,(H2,15,18). The highest BCUT2D eigenvalue weighted by molar-refractivity contribution is 6.02. The van der Waals surface area contributed by atoms with Gasteiger partial charge in [-0.2, -0.15) is 5.26 Å². The average Bonchev–Trinajstić information content (AvgIpc) is 2.72. The van der Waals surface area contributed by atoms with Crippen molar-refractivity contribution in [2.24, 2.45) is 11.7 Å². The number of amides is 2. The van der Waals surface area contributed by atoms with Crippen molar-refractivity contribution in [1.29, 1.82) is 5.26 Å². The molecule has 1 aromatic rings. The van der Waals surface area contributed by atoms with E-state index in [1.165, 1.54) is 11.0 Å². The van der Waals surface area contributed by atoms with Crippen molar-refractivity contribution in [1.82, 2.24) is 0 Å². The molecule has 1 aromatic carbocycles. The molecule has 1 heterocycles. The van der Waals surface area contributed by atoms with Gasteiger partial charge < -0.3 is 16.4 Å². The molecule has 0 spiro atoms. The van der Waals surface area contributed by atoms with E-state index in [0.717, 1.165) is 0 Å². The van der Waals surface area contributed by atoms with E-state index in [9.17, 15) is 9.59 Å². The van der Waals surface area contributed by atoms with E-state index in [2.05, 4.69) is 0 Å². The fourth-order valence-electron chi connectivity index (χ4n) is 1.98. The van der Waals surface area contributed by atoms with Crippen LogP contribution >= 0.6 is 0 Å². The van der Waals surface area contributed by atoms with Crippen molar-refractivity contribution in [3.8, 4) is 6.07 Å². The number of nitriles is 1. The summed E-state index contributed by atoms with van der Waals surface area (Å²) in [4.78, 5) is 24.3. The van der Waals surface area contributed by atoms with Gasteiger partial charge in [-0.15, -0.1) is 0 Å². The summed E-state index contributed by atoms with van der Waals surface area (Å²) < 4.78 is 0. The van der Waals surface area contributed by atoms with Crippen LogP contribution in [0.3, 0.4) is 0 Å². The number of hydrogen-bond acceptors (Lipinski definition) is 4. The lowest BCUT2D eigenvalue weighted by Crippen LogP contribution is -2.29. The summed E-state index contributed by atoms with van der Waals surface area (Å²) in [5, 5.41) is 8.83. The van der Waals surface area contributed by atoms with Crippen LogP contribution in [-0.2, 0) is 9.59 Å². The highest BCUT2D eigenvalue weighted by Gasteiger charge is 2.34. The Kier molecular flexibility index (Phi) is 2.90. The van der Waals surface area contributed by atoms with Crippen molar-refractivity contribution in [2.45, 2.75) is 6.42 Å². The summed E-state index contributed by atoms with van der Waals surface area (Å²) in [7, 11) is 0. The van der Waals surface area contributed by atoms with Crippen molar-refractivity contribution >= 4 is 23.2 Å². The molecular formula is C12H12N4O2. The van der Waals surface area contributed by atoms with Crippen LogP contribution in [0, 0.1) is 17.2 Å². The van der Waals surface area contributed by atoms with Gasteiger partial charge in [0.1, 0.15) is 0 Å². The molecule has 1 atom stereocenters. The molecule has 6 heteroatoms. The molecule has 1 fully saturated rings. The summed E-state index contributed by atoms with van der Waals surface area (Å²) in [5.41, 5.74) is 12.2. The third kappa shape index (κ3) is 1.98. The van der Waals surface area contributed by atoms with Crippen molar-refractivity contribution in [3.05, 3.63) is 23.8 Å². The molecule has 0 bridgehead atoms. The van der Waals surface area contributed by atoms with Crippen LogP contribution in [-0.4, -0.2) is 18.4 Å². The van der Waals surface area contributed by atoms with Crippen LogP contribution in [0.2, 0.25) is 0 Å². The van der Waals surface area contributed by atoms with Gasteiger partial charge in [-0.3, -0.25) is 9.59 Å². The number of primary amides is 1. The zero-order valence-electron chi connectivity index (χ0n) is 9.59. The lowest BCUT2D eigenvalue weighted by Gasteiger charge is -2.18. The number of carbonyl (C=O) groups excluding carboxylic acids is 2. The number of hydrogen-bond donors (Lipinski definition) is 2. The van der Waals surface area contributed by atoms with E-state index in [0.29, 0.717) is 16.9 Å². The molecule has 1 aliphatic rings. The van der Waals surface area contributed by atoms with Gasteiger partial charge in [-0.05, 0) is 18.2 Å². The number of nitrogen functional groups attached to an aromatic ring is 1. The maximum atomic E-state index is 11.8. The lowest BCUT2D eigenvalue weighted by atomic mass is 10.1. The van der Waals surface area contributed by atoms with Crippen molar-refractivity contribution in [2.75, 3.05) is 17.2 Å². The largest absolute Gasteiger partial charge is 0.397 e. The molecule has 0 aromatic heterocycles. The van der Waals surface area contributed by atoms with E-state index >= 15 is 0 Å². The second kappa shape index (κ2) is 4.37. The first-order chi connectivity index (χ1) is 8.52. The number of nitrogens with zero attached hydrogens (tertiary/aromatic N) is 2. The Hall–Kier alpha value is -2.55. The molecule has 0 saturated carbocycles. The van der Waals surface area contributed by atoms with Gasteiger partial charge in [0.25, 0.3) is 0 Å². The minimum Gasteiger partial charge on any atom is -0.397 e. The average molecular weight is 244 g/mol. The van der Waals surface area contributed by atoms with E-state index in [4.69, 9.17) is 16.7 Å². The van der Waals surface area contributed by atoms with Crippen LogP contribution in [0.4, 0.5) is 11.4 Å². The Labute approximate surface area is 104 Å². The third-order valence-electron chi connectivity index (χ3n) is 2.98. The maximum absolute atomic E-state index is 11.8. The van der Waals surface area contributed by atoms with Crippen LogP contribution < -0.4 is 16.4 Å². The van der Waals surface area contributed by atoms with Gasteiger partial charge in [0.2, 0.25) is 11.8 Å². The number of nitrogens with two attached hydrogens (primary N) is 2. The Morgan fingerprint density at radius 1 is 1.50 bits per heavy atom. The molecule has 1 unspecified atom stereocenters. The molecule has 1 aliphatic heterocycles.